The highest BCUT2D eigenvalue weighted by Gasteiger charge is 2.43. The van der Waals surface area contributed by atoms with Crippen LogP contribution in [0.2, 0.25) is 0 Å². The van der Waals surface area contributed by atoms with Gasteiger partial charge in [-0.2, -0.15) is 0 Å². The molecule has 0 aliphatic carbocycles. The maximum Gasteiger partial charge on any atom is 0.337 e. The Morgan fingerprint density at radius 2 is 2.00 bits per heavy atom. The number of carbonyl (C=O) groups excluding carboxylic acids is 1. The first-order valence-corrected chi connectivity index (χ1v) is 6.09. The minimum atomic E-state index is -1.44. The van der Waals surface area contributed by atoms with Gasteiger partial charge in [-0.25, -0.2) is 9.36 Å². The number of aliphatic hydroxyl groups excluding tert-OH is 3. The van der Waals surface area contributed by atoms with Crippen molar-refractivity contribution >= 4 is 12.5 Å². The summed E-state index contributed by atoms with van der Waals surface area (Å²) in [5, 5.41) is 28.5. The number of carbonyl (C=O) groups is 1. The summed E-state index contributed by atoms with van der Waals surface area (Å²) in [6, 6.07) is 1.05. The van der Waals surface area contributed by atoms with Gasteiger partial charge in [-0.3, -0.25) is 14.2 Å². The summed E-state index contributed by atoms with van der Waals surface area (Å²) < 4.78 is 6.76. The number of allylic oxidation sites excluding steroid dienone is 1. The van der Waals surface area contributed by atoms with Crippen LogP contribution in [0, 0.1) is 0 Å². The van der Waals surface area contributed by atoms with Crippen LogP contribution in [0.5, 0.6) is 0 Å². The maximum atomic E-state index is 12.2. The molecule has 1 saturated heterocycles. The monoisotopic (exact) mass is 298 g/mol. The van der Waals surface area contributed by atoms with Gasteiger partial charge in [0.25, 0.3) is 5.56 Å². The number of nitrogens with zero attached hydrogens (tertiary/aromatic N) is 2. The summed E-state index contributed by atoms with van der Waals surface area (Å²) in [7, 11) is 0. The molecule has 0 aromatic carbocycles. The Balaban J connectivity index is 2.46. The number of hydrogen-bond acceptors (Lipinski definition) is 7. The van der Waals surface area contributed by atoms with Crippen molar-refractivity contribution in [3.63, 3.8) is 0 Å². The summed E-state index contributed by atoms with van der Waals surface area (Å²) in [6.45, 7) is -0.534. The molecule has 0 bridgehead atoms. The van der Waals surface area contributed by atoms with Crippen molar-refractivity contribution in [1.82, 2.24) is 9.13 Å². The first kappa shape index (κ1) is 15.3. The Hall–Kier alpha value is -2.07. The highest BCUT2D eigenvalue weighted by Crippen LogP contribution is 2.27. The van der Waals surface area contributed by atoms with Gasteiger partial charge < -0.3 is 20.1 Å². The second-order valence-electron chi connectivity index (χ2n) is 4.42. The van der Waals surface area contributed by atoms with E-state index in [0.717, 1.165) is 29.1 Å². The third kappa shape index (κ3) is 2.72. The molecule has 0 unspecified atom stereocenters. The number of hydrogen-bond donors (Lipinski definition) is 3. The summed E-state index contributed by atoms with van der Waals surface area (Å²) >= 11 is 0. The Labute approximate surface area is 117 Å². The van der Waals surface area contributed by atoms with Crippen molar-refractivity contribution in [3.05, 3.63) is 39.2 Å². The van der Waals surface area contributed by atoms with E-state index in [4.69, 9.17) is 9.84 Å². The molecule has 4 atom stereocenters. The summed E-state index contributed by atoms with van der Waals surface area (Å²) in [5.74, 6) is 0. The minimum absolute atomic E-state index is 0.398. The third-order valence-electron chi connectivity index (χ3n) is 3.15. The van der Waals surface area contributed by atoms with Crippen LogP contribution in [0.3, 0.4) is 0 Å². The van der Waals surface area contributed by atoms with Crippen LogP contribution >= 0.6 is 0 Å². The molecule has 0 radical (unpaired) electrons. The molecule has 2 rings (SSSR count). The van der Waals surface area contributed by atoms with Gasteiger partial charge in [-0.05, 0) is 6.08 Å². The molecule has 0 amide bonds. The molecule has 1 aliphatic heterocycles. The average Bonchev–Trinajstić information content (AvgIpc) is 2.75. The van der Waals surface area contributed by atoms with Gasteiger partial charge in [0.1, 0.15) is 24.6 Å². The van der Waals surface area contributed by atoms with Gasteiger partial charge in [0.15, 0.2) is 6.23 Å². The minimum Gasteiger partial charge on any atom is -0.394 e. The van der Waals surface area contributed by atoms with Gasteiger partial charge in [0.2, 0.25) is 0 Å². The second-order valence-corrected chi connectivity index (χ2v) is 4.42. The average molecular weight is 298 g/mol. The van der Waals surface area contributed by atoms with Crippen molar-refractivity contribution in [2.24, 2.45) is 0 Å². The Kier molecular flexibility index (Phi) is 4.48. The van der Waals surface area contributed by atoms with Crippen LogP contribution in [-0.4, -0.2) is 55.7 Å². The molecular weight excluding hydrogens is 284 g/mol. The molecule has 1 aromatic rings. The van der Waals surface area contributed by atoms with E-state index in [9.17, 15) is 24.6 Å². The standard InChI is InChI=1S/C12H14N2O7/c15-5-1-3-13-8(17)2-4-14(12(13)20)11-10(19)9(18)7(6-16)21-11/h1-5,7,9-11,16,18-19H,6H2/t7-,9-,10-,11-/m1/s1. The zero-order valence-corrected chi connectivity index (χ0v) is 10.8. The van der Waals surface area contributed by atoms with E-state index >= 15 is 0 Å². The van der Waals surface area contributed by atoms with Crippen LogP contribution in [0.4, 0.5) is 0 Å². The molecule has 1 aliphatic rings. The molecule has 1 fully saturated rings. The highest BCUT2D eigenvalue weighted by molar-refractivity contribution is 5.69. The van der Waals surface area contributed by atoms with Crippen molar-refractivity contribution in [1.29, 1.82) is 0 Å². The van der Waals surface area contributed by atoms with E-state index in [1.165, 1.54) is 0 Å². The van der Waals surface area contributed by atoms with E-state index in [1.54, 1.807) is 0 Å². The number of rotatable bonds is 4. The first-order valence-electron chi connectivity index (χ1n) is 6.09. The van der Waals surface area contributed by atoms with Gasteiger partial charge in [-0.15, -0.1) is 0 Å². The van der Waals surface area contributed by atoms with Gasteiger partial charge in [-0.1, -0.05) is 0 Å². The number of ether oxygens (including phenoxy) is 1. The number of aldehydes is 1. The van der Waals surface area contributed by atoms with Crippen molar-refractivity contribution in [2.75, 3.05) is 6.61 Å². The van der Waals surface area contributed by atoms with Crippen LogP contribution in [-0.2, 0) is 9.53 Å². The predicted octanol–water partition coefficient (Wildman–Crippen LogP) is -2.71. The molecule has 9 nitrogen and oxygen atoms in total. The number of aliphatic hydroxyl groups is 3. The lowest BCUT2D eigenvalue weighted by Gasteiger charge is -2.17. The maximum absolute atomic E-state index is 12.2. The molecule has 21 heavy (non-hydrogen) atoms. The lowest BCUT2D eigenvalue weighted by atomic mass is 10.1. The third-order valence-corrected chi connectivity index (χ3v) is 3.15. The zero-order valence-electron chi connectivity index (χ0n) is 10.8. The Morgan fingerprint density at radius 1 is 1.29 bits per heavy atom. The van der Waals surface area contributed by atoms with Crippen molar-refractivity contribution in [3.8, 4) is 0 Å². The SMILES string of the molecule is O=CC=Cn1c(=O)ccn([C@@H]2O[C@H](CO)[C@@H](O)[C@H]2O)c1=O. The van der Waals surface area contributed by atoms with Crippen molar-refractivity contribution in [2.45, 2.75) is 24.5 Å². The quantitative estimate of drug-likeness (QED) is 0.407. The second kappa shape index (κ2) is 6.14. The van der Waals surface area contributed by atoms with Gasteiger partial charge >= 0.3 is 5.69 Å². The molecule has 2 heterocycles. The van der Waals surface area contributed by atoms with E-state index in [2.05, 4.69) is 0 Å². The summed E-state index contributed by atoms with van der Waals surface area (Å²) in [6.07, 6.45) is -1.64. The van der Waals surface area contributed by atoms with Crippen molar-refractivity contribution < 1.29 is 24.9 Å². The van der Waals surface area contributed by atoms with Crippen LogP contribution in [0.1, 0.15) is 6.23 Å². The van der Waals surface area contributed by atoms with Crippen LogP contribution < -0.4 is 11.2 Å². The normalized spacial score (nSPS) is 29.1. The molecule has 114 valence electrons. The smallest absolute Gasteiger partial charge is 0.337 e. The van der Waals surface area contributed by atoms with E-state index in [1.807, 2.05) is 0 Å². The van der Waals surface area contributed by atoms with Crippen LogP contribution in [0.15, 0.2) is 27.9 Å². The topological polar surface area (TPSA) is 131 Å². The molecular formula is C12H14N2O7. The van der Waals surface area contributed by atoms with Gasteiger partial charge in [0, 0.05) is 18.5 Å². The van der Waals surface area contributed by atoms with E-state index < -0.39 is 42.4 Å². The molecule has 1 aromatic heterocycles. The van der Waals surface area contributed by atoms with Crippen LogP contribution in [0.25, 0.3) is 6.20 Å². The summed E-state index contributed by atoms with van der Waals surface area (Å²) in [4.78, 5) is 34.0. The summed E-state index contributed by atoms with van der Waals surface area (Å²) in [5.41, 5.74) is -1.52. The lowest BCUT2D eigenvalue weighted by Crippen LogP contribution is -2.41. The fourth-order valence-corrected chi connectivity index (χ4v) is 2.07. The Bertz CT molecular complexity index is 662. The molecule has 0 spiro atoms. The molecule has 0 saturated carbocycles. The van der Waals surface area contributed by atoms with E-state index in [0.29, 0.717) is 10.9 Å². The first-order chi connectivity index (χ1) is 10.0. The van der Waals surface area contributed by atoms with E-state index in [-0.39, 0.29) is 0 Å². The fraction of sp³-hybridized carbons (Fsp3) is 0.417. The molecule has 3 N–H and O–H groups in total. The lowest BCUT2D eigenvalue weighted by molar-refractivity contribution is -0.104. The fourth-order valence-electron chi connectivity index (χ4n) is 2.07. The zero-order chi connectivity index (χ0) is 15.6. The predicted molar refractivity (Wildman–Crippen MR) is 69.4 cm³/mol. The Morgan fingerprint density at radius 3 is 2.57 bits per heavy atom. The van der Waals surface area contributed by atoms with Gasteiger partial charge in [0.05, 0.1) is 6.61 Å². The largest absolute Gasteiger partial charge is 0.394 e. The number of aromatic nitrogens is 2. The molecule has 9 heteroatoms. The highest BCUT2D eigenvalue weighted by atomic mass is 16.6.